The van der Waals surface area contributed by atoms with Crippen molar-refractivity contribution in [2.75, 3.05) is 5.32 Å². The maximum atomic E-state index is 13.0. The summed E-state index contributed by atoms with van der Waals surface area (Å²) in [4.78, 5) is 29.8. The van der Waals surface area contributed by atoms with Gasteiger partial charge >= 0.3 is 6.03 Å². The lowest BCUT2D eigenvalue weighted by atomic mass is 10.1. The van der Waals surface area contributed by atoms with Crippen LogP contribution < -0.4 is 20.7 Å². The van der Waals surface area contributed by atoms with Crippen LogP contribution in [0, 0.1) is 5.82 Å². The third-order valence-electron chi connectivity index (χ3n) is 5.00. The van der Waals surface area contributed by atoms with Crippen molar-refractivity contribution in [3.63, 3.8) is 0 Å². The highest BCUT2D eigenvalue weighted by molar-refractivity contribution is 5.97. The molecule has 3 amide bonds. The second-order valence-corrected chi connectivity index (χ2v) is 7.59. The number of para-hydroxylation sites is 1. The van der Waals surface area contributed by atoms with Gasteiger partial charge in [-0.2, -0.15) is 0 Å². The summed E-state index contributed by atoms with van der Waals surface area (Å²) in [5.74, 6) is 0.0926. The molecule has 3 N–H and O–H groups in total. The number of nitrogens with zero attached hydrogens (tertiary/aromatic N) is 1. The number of anilines is 1. The number of urea groups is 1. The summed E-state index contributed by atoms with van der Waals surface area (Å²) in [6.45, 7) is 0.192. The molecular weight excluding hydrogens is 447 g/mol. The van der Waals surface area contributed by atoms with Gasteiger partial charge in [-0.15, -0.1) is 0 Å². The monoisotopic (exact) mass is 470 g/mol. The average molecular weight is 471 g/mol. The Kier molecular flexibility index (Phi) is 7.65. The summed E-state index contributed by atoms with van der Waals surface area (Å²) in [5, 5.41) is 8.30. The maximum absolute atomic E-state index is 13.0. The van der Waals surface area contributed by atoms with Crippen LogP contribution in [0.4, 0.5) is 14.9 Å². The second-order valence-electron chi connectivity index (χ2n) is 7.59. The van der Waals surface area contributed by atoms with Crippen LogP contribution in [0.5, 0.6) is 11.6 Å². The van der Waals surface area contributed by atoms with Gasteiger partial charge in [0.05, 0.1) is 0 Å². The zero-order chi connectivity index (χ0) is 24.5. The fourth-order valence-electron chi connectivity index (χ4n) is 3.25. The van der Waals surface area contributed by atoms with Gasteiger partial charge in [0.2, 0.25) is 5.88 Å². The number of carbonyl (C=O) groups is 2. The number of benzene rings is 3. The Balaban J connectivity index is 1.35. The van der Waals surface area contributed by atoms with Crippen molar-refractivity contribution in [1.82, 2.24) is 15.6 Å². The normalized spacial score (nSPS) is 11.2. The lowest BCUT2D eigenvalue weighted by molar-refractivity contribution is -0.118. The summed E-state index contributed by atoms with van der Waals surface area (Å²) >= 11 is 0. The molecule has 3 aromatic carbocycles. The molecule has 1 unspecified atom stereocenters. The lowest BCUT2D eigenvalue weighted by Gasteiger charge is -2.19. The van der Waals surface area contributed by atoms with E-state index in [1.54, 1.807) is 54.7 Å². The van der Waals surface area contributed by atoms with Crippen LogP contribution >= 0.6 is 0 Å². The van der Waals surface area contributed by atoms with Gasteiger partial charge in [0.25, 0.3) is 5.91 Å². The highest BCUT2D eigenvalue weighted by Gasteiger charge is 2.22. The Morgan fingerprint density at radius 2 is 1.54 bits per heavy atom. The number of carbonyl (C=O) groups excluding carboxylic acids is 2. The van der Waals surface area contributed by atoms with Gasteiger partial charge < -0.3 is 20.7 Å². The summed E-state index contributed by atoms with van der Waals surface area (Å²) in [7, 11) is 0. The van der Waals surface area contributed by atoms with Crippen molar-refractivity contribution in [3.8, 4) is 11.6 Å². The minimum Gasteiger partial charge on any atom is -0.439 e. The van der Waals surface area contributed by atoms with Gasteiger partial charge in [-0.05, 0) is 47.5 Å². The predicted molar refractivity (Wildman–Crippen MR) is 130 cm³/mol. The van der Waals surface area contributed by atoms with Crippen molar-refractivity contribution >= 4 is 17.6 Å². The SMILES string of the molecule is O=C(NCc1ccc(Oc2ccc(F)cc2)nc1)NC(C(=O)Nc1ccccc1)c1ccccc1. The zero-order valence-electron chi connectivity index (χ0n) is 18.6. The first kappa shape index (κ1) is 23.4. The van der Waals surface area contributed by atoms with Gasteiger partial charge in [-0.1, -0.05) is 54.6 Å². The van der Waals surface area contributed by atoms with E-state index < -0.39 is 12.1 Å². The van der Waals surface area contributed by atoms with Crippen molar-refractivity contribution in [2.45, 2.75) is 12.6 Å². The van der Waals surface area contributed by atoms with Crippen LogP contribution in [0.1, 0.15) is 17.2 Å². The quantitative estimate of drug-likeness (QED) is 0.330. The third kappa shape index (κ3) is 6.88. The molecule has 0 bridgehead atoms. The largest absolute Gasteiger partial charge is 0.439 e. The maximum Gasteiger partial charge on any atom is 0.315 e. The fourth-order valence-corrected chi connectivity index (χ4v) is 3.25. The topological polar surface area (TPSA) is 92.3 Å². The van der Waals surface area contributed by atoms with E-state index in [9.17, 15) is 14.0 Å². The Bertz CT molecular complexity index is 1250. The van der Waals surface area contributed by atoms with E-state index in [1.807, 2.05) is 24.3 Å². The average Bonchev–Trinajstić information content (AvgIpc) is 2.89. The molecule has 1 atom stereocenters. The number of hydrogen-bond donors (Lipinski definition) is 3. The smallest absolute Gasteiger partial charge is 0.315 e. The molecule has 0 aliphatic rings. The predicted octanol–water partition coefficient (Wildman–Crippen LogP) is 5.19. The fraction of sp³-hybridized carbons (Fsp3) is 0.0741. The minimum absolute atomic E-state index is 0.192. The van der Waals surface area contributed by atoms with Crippen LogP contribution in [0.3, 0.4) is 0 Å². The van der Waals surface area contributed by atoms with Crippen molar-refractivity contribution in [3.05, 3.63) is 120 Å². The number of halogens is 1. The summed E-state index contributed by atoms with van der Waals surface area (Å²) < 4.78 is 18.6. The first-order chi connectivity index (χ1) is 17.1. The van der Waals surface area contributed by atoms with Crippen LogP contribution in [-0.2, 0) is 11.3 Å². The second kappa shape index (κ2) is 11.4. The first-order valence-electron chi connectivity index (χ1n) is 10.9. The number of pyridine rings is 1. The molecule has 4 aromatic rings. The molecule has 0 aliphatic carbocycles. The molecule has 4 rings (SSSR count). The molecule has 0 aliphatic heterocycles. The van der Waals surface area contributed by atoms with E-state index >= 15 is 0 Å². The van der Waals surface area contributed by atoms with Crippen LogP contribution in [0.25, 0.3) is 0 Å². The summed E-state index contributed by atoms with van der Waals surface area (Å²) in [5.41, 5.74) is 2.02. The number of amides is 3. The van der Waals surface area contributed by atoms with Gasteiger partial charge in [-0.3, -0.25) is 4.79 Å². The van der Waals surface area contributed by atoms with Crippen LogP contribution in [0.15, 0.2) is 103 Å². The Morgan fingerprint density at radius 3 is 2.20 bits per heavy atom. The first-order valence-corrected chi connectivity index (χ1v) is 10.9. The van der Waals surface area contributed by atoms with Gasteiger partial charge in [0.15, 0.2) is 0 Å². The van der Waals surface area contributed by atoms with E-state index in [0.29, 0.717) is 22.9 Å². The Morgan fingerprint density at radius 1 is 0.857 bits per heavy atom. The number of rotatable bonds is 8. The molecular formula is C27H23FN4O3. The van der Waals surface area contributed by atoms with Gasteiger partial charge in [0, 0.05) is 24.5 Å². The number of aromatic nitrogens is 1. The van der Waals surface area contributed by atoms with Crippen LogP contribution in [0.2, 0.25) is 0 Å². The van der Waals surface area contributed by atoms with Gasteiger partial charge in [-0.25, -0.2) is 14.2 Å². The standard InChI is InChI=1S/C27H23FN4O3/c28-21-12-14-23(15-13-21)35-24-16-11-19(17-29-24)18-30-27(34)32-25(20-7-3-1-4-8-20)26(33)31-22-9-5-2-6-10-22/h1-17,25H,18H2,(H,31,33)(H2,30,32,34). The van der Waals surface area contributed by atoms with E-state index in [2.05, 4.69) is 20.9 Å². The highest BCUT2D eigenvalue weighted by Crippen LogP contribution is 2.20. The zero-order valence-corrected chi connectivity index (χ0v) is 18.6. The highest BCUT2D eigenvalue weighted by atomic mass is 19.1. The van der Waals surface area contributed by atoms with E-state index in [4.69, 9.17) is 4.74 Å². The molecule has 0 spiro atoms. The van der Waals surface area contributed by atoms with E-state index in [0.717, 1.165) is 5.56 Å². The van der Waals surface area contributed by atoms with Crippen LogP contribution in [-0.4, -0.2) is 16.9 Å². The Labute approximate surface area is 202 Å². The molecule has 1 heterocycles. The molecule has 8 heteroatoms. The van der Waals surface area contributed by atoms with Crippen molar-refractivity contribution in [2.24, 2.45) is 0 Å². The Hall–Kier alpha value is -4.72. The van der Waals surface area contributed by atoms with Crippen molar-refractivity contribution < 1.29 is 18.7 Å². The lowest BCUT2D eigenvalue weighted by Crippen LogP contribution is -2.42. The molecule has 0 saturated heterocycles. The number of ether oxygens (including phenoxy) is 1. The third-order valence-corrected chi connectivity index (χ3v) is 5.00. The number of nitrogens with one attached hydrogen (secondary N) is 3. The minimum atomic E-state index is -0.888. The molecule has 1 aromatic heterocycles. The number of hydrogen-bond acceptors (Lipinski definition) is 4. The van der Waals surface area contributed by atoms with E-state index in [1.165, 1.54) is 24.3 Å². The van der Waals surface area contributed by atoms with Crippen molar-refractivity contribution in [1.29, 1.82) is 0 Å². The molecule has 176 valence electrons. The molecule has 7 nitrogen and oxygen atoms in total. The molecule has 0 radical (unpaired) electrons. The van der Waals surface area contributed by atoms with E-state index in [-0.39, 0.29) is 18.3 Å². The summed E-state index contributed by atoms with van der Waals surface area (Å²) in [6, 6.07) is 25.7. The summed E-state index contributed by atoms with van der Waals surface area (Å²) in [6.07, 6.45) is 1.57. The molecule has 0 saturated carbocycles. The molecule has 0 fully saturated rings. The van der Waals surface area contributed by atoms with Gasteiger partial charge in [0.1, 0.15) is 17.6 Å². The molecule has 35 heavy (non-hydrogen) atoms.